The number of aryl methyl sites for hydroxylation is 1. The van der Waals surface area contributed by atoms with Crippen LogP contribution in [0, 0.1) is 0 Å². The molecule has 0 aliphatic carbocycles. The van der Waals surface area contributed by atoms with E-state index in [0.29, 0.717) is 16.4 Å². The van der Waals surface area contributed by atoms with Gasteiger partial charge in [0.25, 0.3) is 0 Å². The maximum absolute atomic E-state index is 9.59. The monoisotopic (exact) mass is 209 g/mol. The molecule has 0 radical (unpaired) electrons. The van der Waals surface area contributed by atoms with E-state index >= 15 is 0 Å². The third-order valence-corrected chi connectivity index (χ3v) is 2.15. The van der Waals surface area contributed by atoms with Gasteiger partial charge in [0.2, 0.25) is 0 Å². The van der Waals surface area contributed by atoms with Crippen molar-refractivity contribution >= 4 is 11.6 Å². The van der Waals surface area contributed by atoms with Crippen LogP contribution in [0.1, 0.15) is 0 Å². The van der Waals surface area contributed by atoms with Crippen molar-refractivity contribution in [3.63, 3.8) is 0 Å². The van der Waals surface area contributed by atoms with E-state index in [4.69, 9.17) is 11.6 Å². The number of aromatic hydroxyl groups is 1. The standard InChI is InChI=1S/C9H8ClN3O/c1-13-9(11-5-12-13)7-4-6(10)2-3-8(7)14/h2-5,14H,1H3. The Labute approximate surface area is 85.8 Å². The first-order valence-electron chi connectivity index (χ1n) is 4.01. The summed E-state index contributed by atoms with van der Waals surface area (Å²) in [6.07, 6.45) is 1.43. The van der Waals surface area contributed by atoms with Crippen LogP contribution in [0.25, 0.3) is 11.4 Å². The molecule has 0 saturated heterocycles. The topological polar surface area (TPSA) is 50.9 Å². The van der Waals surface area contributed by atoms with E-state index in [1.807, 2.05) is 0 Å². The molecular weight excluding hydrogens is 202 g/mol. The van der Waals surface area contributed by atoms with E-state index in [9.17, 15) is 5.11 Å². The van der Waals surface area contributed by atoms with Crippen LogP contribution in [0.3, 0.4) is 0 Å². The molecule has 4 nitrogen and oxygen atoms in total. The molecule has 5 heteroatoms. The molecule has 0 fully saturated rings. The quantitative estimate of drug-likeness (QED) is 0.780. The number of phenolic OH excluding ortho intramolecular Hbond substituents is 1. The molecule has 0 unspecified atom stereocenters. The Hall–Kier alpha value is -1.55. The molecule has 0 spiro atoms. The van der Waals surface area contributed by atoms with Crippen molar-refractivity contribution in [2.24, 2.45) is 7.05 Å². The van der Waals surface area contributed by atoms with Gasteiger partial charge in [0.1, 0.15) is 12.1 Å². The van der Waals surface area contributed by atoms with E-state index < -0.39 is 0 Å². The summed E-state index contributed by atoms with van der Waals surface area (Å²) in [5.41, 5.74) is 0.581. The van der Waals surface area contributed by atoms with E-state index in [1.165, 1.54) is 12.4 Å². The molecule has 2 aromatic rings. The fourth-order valence-electron chi connectivity index (χ4n) is 1.23. The van der Waals surface area contributed by atoms with Gasteiger partial charge in [0.15, 0.2) is 5.82 Å². The van der Waals surface area contributed by atoms with Crippen LogP contribution in [-0.2, 0) is 7.05 Å². The van der Waals surface area contributed by atoms with Crippen molar-refractivity contribution in [1.82, 2.24) is 14.8 Å². The number of benzene rings is 1. The summed E-state index contributed by atoms with van der Waals surface area (Å²) in [6, 6.07) is 4.81. The highest BCUT2D eigenvalue weighted by Gasteiger charge is 2.09. The average Bonchev–Trinajstić information content (AvgIpc) is 2.56. The first kappa shape index (κ1) is 9.02. The van der Waals surface area contributed by atoms with Crippen LogP contribution >= 0.6 is 11.6 Å². The van der Waals surface area contributed by atoms with Gasteiger partial charge in [-0.2, -0.15) is 5.10 Å². The lowest BCUT2D eigenvalue weighted by Crippen LogP contribution is -1.94. The molecule has 72 valence electrons. The number of halogens is 1. The normalized spacial score (nSPS) is 10.4. The van der Waals surface area contributed by atoms with E-state index in [1.54, 1.807) is 23.9 Å². The smallest absolute Gasteiger partial charge is 0.161 e. The third-order valence-electron chi connectivity index (χ3n) is 1.91. The molecule has 0 bridgehead atoms. The van der Waals surface area contributed by atoms with E-state index in [0.717, 1.165) is 0 Å². The van der Waals surface area contributed by atoms with Crippen molar-refractivity contribution < 1.29 is 5.11 Å². The van der Waals surface area contributed by atoms with Crippen LogP contribution in [0.5, 0.6) is 5.75 Å². The van der Waals surface area contributed by atoms with Crippen molar-refractivity contribution in [3.8, 4) is 17.1 Å². The highest BCUT2D eigenvalue weighted by atomic mass is 35.5. The summed E-state index contributed by atoms with van der Waals surface area (Å²) >= 11 is 5.82. The van der Waals surface area contributed by atoms with Gasteiger partial charge in [-0.15, -0.1) is 0 Å². The zero-order valence-corrected chi connectivity index (χ0v) is 8.23. The number of hydrogen-bond donors (Lipinski definition) is 1. The number of nitrogens with zero attached hydrogens (tertiary/aromatic N) is 3. The van der Waals surface area contributed by atoms with Crippen LogP contribution in [0.4, 0.5) is 0 Å². The Bertz CT molecular complexity index is 467. The van der Waals surface area contributed by atoms with Gasteiger partial charge >= 0.3 is 0 Å². The highest BCUT2D eigenvalue weighted by Crippen LogP contribution is 2.29. The van der Waals surface area contributed by atoms with Gasteiger partial charge < -0.3 is 5.11 Å². The number of hydrogen-bond acceptors (Lipinski definition) is 3. The molecule has 14 heavy (non-hydrogen) atoms. The van der Waals surface area contributed by atoms with Gasteiger partial charge in [-0.25, -0.2) is 9.67 Å². The molecule has 0 aliphatic heterocycles. The minimum absolute atomic E-state index is 0.144. The Balaban J connectivity index is 2.62. The summed E-state index contributed by atoms with van der Waals surface area (Å²) in [5.74, 6) is 0.732. The predicted octanol–water partition coefficient (Wildman–Crippen LogP) is 1.84. The molecule has 1 aromatic heterocycles. The van der Waals surface area contributed by atoms with Crippen molar-refractivity contribution in [2.45, 2.75) is 0 Å². The average molecular weight is 210 g/mol. The second kappa shape index (κ2) is 3.31. The fourth-order valence-corrected chi connectivity index (χ4v) is 1.40. The van der Waals surface area contributed by atoms with Crippen LogP contribution in [-0.4, -0.2) is 19.9 Å². The van der Waals surface area contributed by atoms with Crippen LogP contribution in [0.2, 0.25) is 5.02 Å². The van der Waals surface area contributed by atoms with Crippen LogP contribution in [0.15, 0.2) is 24.5 Å². The molecule has 0 atom stereocenters. The minimum atomic E-state index is 0.144. The fraction of sp³-hybridized carbons (Fsp3) is 0.111. The first-order chi connectivity index (χ1) is 6.68. The first-order valence-corrected chi connectivity index (χ1v) is 4.39. The van der Waals surface area contributed by atoms with Crippen LogP contribution < -0.4 is 0 Å². The van der Waals surface area contributed by atoms with Gasteiger partial charge in [0.05, 0.1) is 5.56 Å². The predicted molar refractivity (Wildman–Crippen MR) is 53.1 cm³/mol. The molecule has 1 N–H and O–H groups in total. The Kier molecular flexibility index (Phi) is 2.13. The second-order valence-electron chi connectivity index (χ2n) is 2.87. The molecule has 2 rings (SSSR count). The Morgan fingerprint density at radius 1 is 1.43 bits per heavy atom. The largest absolute Gasteiger partial charge is 0.507 e. The zero-order valence-electron chi connectivity index (χ0n) is 7.48. The molecule has 1 aromatic carbocycles. The highest BCUT2D eigenvalue weighted by molar-refractivity contribution is 6.30. The van der Waals surface area contributed by atoms with Gasteiger partial charge in [-0.1, -0.05) is 11.6 Å². The summed E-state index contributed by atoms with van der Waals surface area (Å²) in [7, 11) is 1.75. The summed E-state index contributed by atoms with van der Waals surface area (Å²) < 4.78 is 1.57. The molecule has 0 amide bonds. The minimum Gasteiger partial charge on any atom is -0.507 e. The maximum Gasteiger partial charge on any atom is 0.161 e. The lowest BCUT2D eigenvalue weighted by molar-refractivity contribution is 0.476. The van der Waals surface area contributed by atoms with Crippen molar-refractivity contribution in [2.75, 3.05) is 0 Å². The molecular formula is C9H8ClN3O. The summed E-state index contributed by atoms with van der Waals surface area (Å²) in [4.78, 5) is 4.02. The molecule has 1 heterocycles. The maximum atomic E-state index is 9.59. The number of rotatable bonds is 1. The van der Waals surface area contributed by atoms with Gasteiger partial charge in [0, 0.05) is 12.1 Å². The molecule has 0 saturated carbocycles. The SMILES string of the molecule is Cn1ncnc1-c1cc(Cl)ccc1O. The Morgan fingerprint density at radius 3 is 2.86 bits per heavy atom. The van der Waals surface area contributed by atoms with E-state index in [-0.39, 0.29) is 5.75 Å². The third kappa shape index (κ3) is 1.44. The Morgan fingerprint density at radius 2 is 2.21 bits per heavy atom. The number of phenols is 1. The van der Waals surface area contributed by atoms with Gasteiger partial charge in [-0.3, -0.25) is 0 Å². The lowest BCUT2D eigenvalue weighted by atomic mass is 10.2. The number of aromatic nitrogens is 3. The van der Waals surface area contributed by atoms with Gasteiger partial charge in [-0.05, 0) is 18.2 Å². The second-order valence-corrected chi connectivity index (χ2v) is 3.31. The summed E-state index contributed by atoms with van der Waals surface area (Å²) in [6.45, 7) is 0. The van der Waals surface area contributed by atoms with Crippen molar-refractivity contribution in [3.05, 3.63) is 29.5 Å². The van der Waals surface area contributed by atoms with Crippen molar-refractivity contribution in [1.29, 1.82) is 0 Å². The summed E-state index contributed by atoms with van der Waals surface area (Å²) in [5, 5.41) is 14.1. The molecule has 0 aliphatic rings. The zero-order chi connectivity index (χ0) is 10.1. The lowest BCUT2D eigenvalue weighted by Gasteiger charge is -2.03. The van der Waals surface area contributed by atoms with E-state index in [2.05, 4.69) is 10.1 Å².